The van der Waals surface area contributed by atoms with Gasteiger partial charge in [-0.1, -0.05) is 0 Å². The highest BCUT2D eigenvalue weighted by atomic mass is 16.3. The molecule has 0 aromatic heterocycles. The van der Waals surface area contributed by atoms with E-state index < -0.39 is 0 Å². The maximum atomic E-state index is 10.0. The van der Waals surface area contributed by atoms with Gasteiger partial charge in [0.05, 0.1) is 12.4 Å². The second-order valence-corrected chi connectivity index (χ2v) is 3.83. The zero-order chi connectivity index (χ0) is 15.1. The third-order valence-corrected chi connectivity index (χ3v) is 2.05. The van der Waals surface area contributed by atoms with Crippen LogP contribution in [-0.2, 0) is 0 Å². The Kier molecular flexibility index (Phi) is 5.03. The fourth-order valence-electron chi connectivity index (χ4n) is 1.35. The van der Waals surface area contributed by atoms with Gasteiger partial charge in [0.25, 0.3) is 0 Å². The summed E-state index contributed by atoms with van der Waals surface area (Å²) in [5, 5.41) is 24.2. The molecule has 106 valence electrons. The van der Waals surface area contributed by atoms with Crippen molar-refractivity contribution in [2.24, 2.45) is 43.3 Å². The Morgan fingerprint density at radius 1 is 0.950 bits per heavy atom. The highest BCUT2D eigenvalue weighted by Gasteiger charge is 2.05. The number of aryl methyl sites for hydroxylation is 1. The minimum atomic E-state index is -0.178. The fraction of sp³-hybridized carbons (Fsp3) is 0.0909. The van der Waals surface area contributed by atoms with Crippen molar-refractivity contribution in [2.45, 2.75) is 6.92 Å². The monoisotopic (exact) mass is 276 g/mol. The van der Waals surface area contributed by atoms with Gasteiger partial charge in [0.1, 0.15) is 5.75 Å². The van der Waals surface area contributed by atoms with Crippen molar-refractivity contribution in [3.8, 4) is 5.75 Å². The molecule has 0 aliphatic rings. The summed E-state index contributed by atoms with van der Waals surface area (Å²) in [6, 6.07) is 3.41. The first kappa shape index (κ1) is 15.0. The van der Waals surface area contributed by atoms with E-state index in [2.05, 4.69) is 20.4 Å². The van der Waals surface area contributed by atoms with Gasteiger partial charge in [-0.25, -0.2) is 0 Å². The lowest BCUT2D eigenvalue weighted by Gasteiger charge is -2.04. The Hall–Kier alpha value is -3.10. The molecule has 9 N–H and O–H groups in total. The van der Waals surface area contributed by atoms with Crippen molar-refractivity contribution < 1.29 is 5.11 Å². The van der Waals surface area contributed by atoms with Crippen LogP contribution in [0.25, 0.3) is 0 Å². The van der Waals surface area contributed by atoms with Gasteiger partial charge >= 0.3 is 0 Å². The van der Waals surface area contributed by atoms with Crippen LogP contribution in [0.3, 0.4) is 0 Å². The first-order valence-electron chi connectivity index (χ1n) is 5.47. The number of rotatable bonds is 4. The van der Waals surface area contributed by atoms with Gasteiger partial charge < -0.3 is 28.0 Å². The van der Waals surface area contributed by atoms with Crippen molar-refractivity contribution in [3.05, 3.63) is 28.8 Å². The van der Waals surface area contributed by atoms with Crippen molar-refractivity contribution in [1.82, 2.24) is 0 Å². The van der Waals surface area contributed by atoms with Crippen molar-refractivity contribution in [2.75, 3.05) is 0 Å². The highest BCUT2D eigenvalue weighted by Crippen LogP contribution is 2.21. The van der Waals surface area contributed by atoms with E-state index in [1.165, 1.54) is 12.4 Å². The quantitative estimate of drug-likeness (QED) is 0.266. The molecule has 0 heterocycles. The molecule has 0 fully saturated rings. The van der Waals surface area contributed by atoms with Crippen molar-refractivity contribution in [3.63, 3.8) is 0 Å². The standard InChI is InChI=1S/C11H16N8O/c1-6-2-7(4-16-18-10(12)13)9(20)8(3-6)5-17-19-11(14)15/h2-5,20H,1H3,(H4,12,13,18)(H4,14,15,19)/b16-4-,17-5+. The summed E-state index contributed by atoms with van der Waals surface area (Å²) in [6.45, 7) is 1.84. The topological polar surface area (TPSA) is 174 Å². The minimum Gasteiger partial charge on any atom is -0.507 e. The van der Waals surface area contributed by atoms with E-state index in [1.807, 2.05) is 6.92 Å². The summed E-state index contributed by atoms with van der Waals surface area (Å²) in [4.78, 5) is 0. The smallest absolute Gasteiger partial charge is 0.211 e. The van der Waals surface area contributed by atoms with Crippen LogP contribution in [0.15, 0.2) is 32.5 Å². The molecule has 0 bridgehead atoms. The SMILES string of the molecule is Cc1cc(/C=N\N=C(N)N)c(O)c(/C=N/N=C(N)N)c1. The van der Waals surface area contributed by atoms with Crippen LogP contribution in [0.5, 0.6) is 5.75 Å². The van der Waals surface area contributed by atoms with Gasteiger partial charge in [0, 0.05) is 11.1 Å². The zero-order valence-electron chi connectivity index (χ0n) is 10.9. The molecular formula is C11H16N8O. The van der Waals surface area contributed by atoms with Gasteiger partial charge in [-0.15, -0.1) is 10.2 Å². The molecule has 0 atom stereocenters. The maximum Gasteiger partial charge on any atom is 0.211 e. The number of nitrogens with two attached hydrogens (primary N) is 4. The molecule has 0 unspecified atom stereocenters. The highest BCUT2D eigenvalue weighted by molar-refractivity contribution is 5.92. The summed E-state index contributed by atoms with van der Waals surface area (Å²) in [5.74, 6) is -0.398. The van der Waals surface area contributed by atoms with E-state index in [0.29, 0.717) is 11.1 Å². The molecule has 9 nitrogen and oxygen atoms in total. The lowest BCUT2D eigenvalue weighted by Crippen LogP contribution is -2.21. The van der Waals surface area contributed by atoms with Crippen LogP contribution in [-0.4, -0.2) is 29.5 Å². The third-order valence-electron chi connectivity index (χ3n) is 2.05. The zero-order valence-corrected chi connectivity index (χ0v) is 10.9. The van der Waals surface area contributed by atoms with E-state index in [1.54, 1.807) is 12.1 Å². The summed E-state index contributed by atoms with van der Waals surface area (Å²) < 4.78 is 0. The molecule has 0 saturated heterocycles. The van der Waals surface area contributed by atoms with Crippen LogP contribution in [0.1, 0.15) is 16.7 Å². The van der Waals surface area contributed by atoms with Gasteiger partial charge in [0.2, 0.25) is 11.9 Å². The Morgan fingerprint density at radius 3 is 1.70 bits per heavy atom. The Labute approximate surface area is 115 Å². The van der Waals surface area contributed by atoms with Crippen LogP contribution in [0, 0.1) is 6.92 Å². The van der Waals surface area contributed by atoms with E-state index in [9.17, 15) is 5.11 Å². The number of aromatic hydroxyl groups is 1. The van der Waals surface area contributed by atoms with Gasteiger partial charge in [0.15, 0.2) is 0 Å². The number of guanidine groups is 2. The Morgan fingerprint density at radius 2 is 1.35 bits per heavy atom. The van der Waals surface area contributed by atoms with E-state index in [4.69, 9.17) is 22.9 Å². The molecular weight excluding hydrogens is 260 g/mol. The van der Waals surface area contributed by atoms with Gasteiger partial charge in [-0.05, 0) is 24.6 Å². The predicted molar refractivity (Wildman–Crippen MR) is 79.7 cm³/mol. The van der Waals surface area contributed by atoms with Crippen molar-refractivity contribution in [1.29, 1.82) is 0 Å². The molecule has 0 aliphatic carbocycles. The average Bonchev–Trinajstić information content (AvgIpc) is 2.33. The summed E-state index contributed by atoms with van der Waals surface area (Å²) in [6.07, 6.45) is 2.64. The fourth-order valence-corrected chi connectivity index (χ4v) is 1.35. The summed E-state index contributed by atoms with van der Waals surface area (Å²) >= 11 is 0. The second-order valence-electron chi connectivity index (χ2n) is 3.83. The number of hydrogen-bond donors (Lipinski definition) is 5. The molecule has 0 saturated carbocycles. The van der Waals surface area contributed by atoms with Crippen LogP contribution in [0.2, 0.25) is 0 Å². The summed E-state index contributed by atoms with van der Waals surface area (Å²) in [7, 11) is 0. The van der Waals surface area contributed by atoms with Gasteiger partial charge in [-0.3, -0.25) is 0 Å². The Bertz CT molecular complexity index is 545. The largest absolute Gasteiger partial charge is 0.507 e. The number of hydrogen-bond acceptors (Lipinski definition) is 5. The van der Waals surface area contributed by atoms with Crippen LogP contribution in [0.4, 0.5) is 0 Å². The number of benzene rings is 1. The Balaban J connectivity index is 3.13. The number of nitrogens with zero attached hydrogens (tertiary/aromatic N) is 4. The van der Waals surface area contributed by atoms with E-state index >= 15 is 0 Å². The molecule has 0 aliphatic heterocycles. The first-order chi connectivity index (χ1) is 9.40. The molecule has 20 heavy (non-hydrogen) atoms. The molecule has 0 spiro atoms. The van der Waals surface area contributed by atoms with Crippen LogP contribution >= 0.6 is 0 Å². The summed E-state index contributed by atoms with van der Waals surface area (Å²) in [5.41, 5.74) is 22.3. The third kappa shape index (κ3) is 4.64. The molecule has 1 aromatic rings. The normalized spacial score (nSPS) is 10.8. The molecule has 0 amide bonds. The predicted octanol–water partition coefficient (Wildman–Crippen LogP) is -1.08. The van der Waals surface area contributed by atoms with E-state index in [0.717, 1.165) is 5.56 Å². The molecule has 1 aromatic carbocycles. The lowest BCUT2D eigenvalue weighted by atomic mass is 10.1. The average molecular weight is 276 g/mol. The minimum absolute atomic E-state index is 0.0420. The van der Waals surface area contributed by atoms with Crippen molar-refractivity contribution >= 4 is 24.3 Å². The molecule has 1 rings (SSSR count). The number of phenols is 1. The molecule has 9 heteroatoms. The first-order valence-corrected chi connectivity index (χ1v) is 5.47. The maximum absolute atomic E-state index is 10.0. The molecule has 0 radical (unpaired) electrons. The van der Waals surface area contributed by atoms with Crippen LogP contribution < -0.4 is 22.9 Å². The second kappa shape index (κ2) is 6.73. The lowest BCUT2D eigenvalue weighted by molar-refractivity contribution is 0.473. The van der Waals surface area contributed by atoms with Gasteiger partial charge in [-0.2, -0.15) is 10.2 Å². The number of phenolic OH excluding ortho intramolecular Hbond substituents is 1. The van der Waals surface area contributed by atoms with E-state index in [-0.39, 0.29) is 17.7 Å².